The average molecular weight is 443 g/mol. The molecule has 1 N–H and O–H groups in total. The largest absolute Gasteiger partial charge is 0.368 e. The summed E-state index contributed by atoms with van der Waals surface area (Å²) in [5.74, 6) is 1.81. The molecule has 9 heteroatoms. The number of hydrogen-bond acceptors (Lipinski definition) is 7. The first kappa shape index (κ1) is 20.5. The van der Waals surface area contributed by atoms with Gasteiger partial charge in [-0.05, 0) is 31.0 Å². The number of aliphatic imine (C=N–C) groups is 1. The third kappa shape index (κ3) is 3.74. The fourth-order valence-electron chi connectivity index (χ4n) is 4.91. The van der Waals surface area contributed by atoms with Gasteiger partial charge in [0.15, 0.2) is 9.84 Å². The Balaban J connectivity index is 1.55. The van der Waals surface area contributed by atoms with Crippen LogP contribution in [-0.4, -0.2) is 62.8 Å². The Morgan fingerprint density at radius 2 is 1.94 bits per heavy atom. The van der Waals surface area contributed by atoms with Crippen molar-refractivity contribution in [3.63, 3.8) is 0 Å². The van der Waals surface area contributed by atoms with E-state index in [0.717, 1.165) is 74.7 Å². The van der Waals surface area contributed by atoms with E-state index < -0.39 is 9.84 Å². The highest BCUT2D eigenvalue weighted by molar-refractivity contribution is 7.91. The molecule has 2 aromatic rings. The molecule has 3 aliphatic rings. The Morgan fingerprint density at radius 3 is 2.61 bits per heavy atom. The fraction of sp³-hybridized carbons (Fsp3) is 0.545. The maximum absolute atomic E-state index is 12.9. The maximum atomic E-state index is 12.9. The van der Waals surface area contributed by atoms with Gasteiger partial charge >= 0.3 is 0 Å². The number of fused-ring (bicyclic) bond motifs is 1. The van der Waals surface area contributed by atoms with E-state index in [1.165, 1.54) is 0 Å². The van der Waals surface area contributed by atoms with Gasteiger partial charge in [-0.1, -0.05) is 19.8 Å². The first-order valence-electron chi connectivity index (χ1n) is 11.3. The molecule has 0 amide bonds. The molecule has 0 atom stereocenters. The Bertz CT molecular complexity index is 1060. The summed E-state index contributed by atoms with van der Waals surface area (Å²) in [4.78, 5) is 13.7. The number of anilines is 3. The molecule has 4 heterocycles. The van der Waals surface area contributed by atoms with Crippen LogP contribution in [0.2, 0.25) is 0 Å². The van der Waals surface area contributed by atoms with Crippen LogP contribution in [-0.2, 0) is 9.84 Å². The zero-order chi connectivity index (χ0) is 21.4. The van der Waals surface area contributed by atoms with Crippen molar-refractivity contribution in [3.05, 3.63) is 30.0 Å². The molecule has 8 nitrogen and oxygen atoms in total. The molecule has 0 aromatic carbocycles. The highest BCUT2D eigenvalue weighted by atomic mass is 32.2. The van der Waals surface area contributed by atoms with Gasteiger partial charge in [0, 0.05) is 44.0 Å². The Kier molecular flexibility index (Phi) is 5.47. The first-order valence-corrected chi connectivity index (χ1v) is 12.9. The van der Waals surface area contributed by atoms with E-state index in [1.807, 2.05) is 12.3 Å². The summed E-state index contributed by atoms with van der Waals surface area (Å²) >= 11 is 0. The molecule has 5 rings (SSSR count). The van der Waals surface area contributed by atoms with E-state index in [4.69, 9.17) is 4.98 Å². The predicted molar refractivity (Wildman–Crippen MR) is 124 cm³/mol. The van der Waals surface area contributed by atoms with Crippen molar-refractivity contribution in [3.8, 4) is 0 Å². The Hall–Kier alpha value is -2.39. The number of aromatic nitrogens is 2. The molecule has 0 radical (unpaired) electrons. The van der Waals surface area contributed by atoms with Crippen LogP contribution >= 0.6 is 0 Å². The highest BCUT2D eigenvalue weighted by Crippen LogP contribution is 2.41. The molecule has 1 saturated carbocycles. The van der Waals surface area contributed by atoms with Crippen molar-refractivity contribution in [1.29, 1.82) is 0 Å². The van der Waals surface area contributed by atoms with Crippen LogP contribution in [0, 0.1) is 0 Å². The second-order valence-electron chi connectivity index (χ2n) is 8.47. The predicted octanol–water partition coefficient (Wildman–Crippen LogP) is 2.73. The molecule has 31 heavy (non-hydrogen) atoms. The van der Waals surface area contributed by atoms with Gasteiger partial charge in [0.2, 0.25) is 0 Å². The maximum Gasteiger partial charge on any atom is 0.193 e. The number of rotatable bonds is 5. The fourth-order valence-corrected chi connectivity index (χ4v) is 6.05. The summed E-state index contributed by atoms with van der Waals surface area (Å²) in [6, 6.07) is 6.14. The lowest BCUT2D eigenvalue weighted by Gasteiger charge is -2.31. The quantitative estimate of drug-likeness (QED) is 0.767. The molecule has 2 fully saturated rings. The number of sulfone groups is 1. The summed E-state index contributed by atoms with van der Waals surface area (Å²) < 4.78 is 28.0. The van der Waals surface area contributed by atoms with E-state index in [-0.39, 0.29) is 11.8 Å². The summed E-state index contributed by atoms with van der Waals surface area (Å²) in [5.41, 5.74) is 1.98. The van der Waals surface area contributed by atoms with Crippen LogP contribution in [0.5, 0.6) is 0 Å². The third-order valence-corrected chi connectivity index (χ3v) is 8.30. The zero-order valence-corrected chi connectivity index (χ0v) is 18.8. The lowest BCUT2D eigenvalue weighted by atomic mass is 10.2. The minimum Gasteiger partial charge on any atom is -0.368 e. The average Bonchev–Trinajstić information content (AvgIpc) is 3.47. The van der Waals surface area contributed by atoms with Gasteiger partial charge in [-0.3, -0.25) is 9.89 Å². The van der Waals surface area contributed by atoms with Crippen LogP contribution in [0.3, 0.4) is 0 Å². The van der Waals surface area contributed by atoms with Crippen molar-refractivity contribution in [2.45, 2.75) is 43.7 Å². The third-order valence-electron chi connectivity index (χ3n) is 6.59. The van der Waals surface area contributed by atoms with Crippen molar-refractivity contribution in [2.24, 2.45) is 4.99 Å². The normalized spacial score (nSPS) is 19.8. The molecule has 0 spiro atoms. The number of pyridine rings is 1. The van der Waals surface area contributed by atoms with E-state index >= 15 is 0 Å². The standard InChI is InChI=1S/C22H30N6O2S/c1-2-31(29,30)21-13-17-14-24-16-27(22(17)28(21)18-5-3-4-6-18)20-8-7-19(15-25-20)26-11-9-23-10-12-26/h7-8,13-15,18,23H,2-6,9-12,16H2,1H3. The van der Waals surface area contributed by atoms with Gasteiger partial charge in [-0.15, -0.1) is 0 Å². The summed E-state index contributed by atoms with van der Waals surface area (Å²) in [7, 11) is -3.35. The van der Waals surface area contributed by atoms with E-state index in [1.54, 1.807) is 19.2 Å². The lowest BCUT2D eigenvalue weighted by molar-refractivity contribution is 0.477. The van der Waals surface area contributed by atoms with Gasteiger partial charge in [0.25, 0.3) is 0 Å². The summed E-state index contributed by atoms with van der Waals surface area (Å²) in [5, 5.41) is 3.79. The molecule has 1 aliphatic carbocycles. The van der Waals surface area contributed by atoms with Crippen LogP contribution in [0.1, 0.15) is 44.2 Å². The molecule has 1 saturated heterocycles. The van der Waals surface area contributed by atoms with Crippen molar-refractivity contribution < 1.29 is 8.42 Å². The lowest BCUT2D eigenvalue weighted by Crippen LogP contribution is -2.43. The topological polar surface area (TPSA) is 82.8 Å². The molecular formula is C22H30N6O2S. The molecular weight excluding hydrogens is 412 g/mol. The number of nitrogens with zero attached hydrogens (tertiary/aromatic N) is 5. The number of piperazine rings is 1. The smallest absolute Gasteiger partial charge is 0.193 e. The number of nitrogens with one attached hydrogen (secondary N) is 1. The number of hydrogen-bond donors (Lipinski definition) is 1. The molecule has 166 valence electrons. The Morgan fingerprint density at radius 1 is 1.16 bits per heavy atom. The van der Waals surface area contributed by atoms with E-state index in [2.05, 4.69) is 30.7 Å². The summed E-state index contributed by atoms with van der Waals surface area (Å²) in [6.45, 7) is 6.06. The van der Waals surface area contributed by atoms with Crippen molar-refractivity contribution in [1.82, 2.24) is 14.9 Å². The zero-order valence-electron chi connectivity index (χ0n) is 18.0. The molecule has 2 aliphatic heterocycles. The van der Waals surface area contributed by atoms with Crippen LogP contribution < -0.4 is 15.1 Å². The minimum absolute atomic E-state index is 0.0946. The monoisotopic (exact) mass is 442 g/mol. The second kappa shape index (κ2) is 8.27. The van der Waals surface area contributed by atoms with Crippen molar-refractivity contribution >= 4 is 33.4 Å². The van der Waals surface area contributed by atoms with Gasteiger partial charge in [0.1, 0.15) is 23.3 Å². The van der Waals surface area contributed by atoms with Gasteiger partial charge in [-0.2, -0.15) is 0 Å². The van der Waals surface area contributed by atoms with E-state index in [0.29, 0.717) is 11.7 Å². The van der Waals surface area contributed by atoms with Gasteiger partial charge in [0.05, 0.1) is 17.6 Å². The highest BCUT2D eigenvalue weighted by Gasteiger charge is 2.33. The molecule has 2 aromatic heterocycles. The van der Waals surface area contributed by atoms with Crippen LogP contribution in [0.15, 0.2) is 34.4 Å². The van der Waals surface area contributed by atoms with Crippen LogP contribution in [0.25, 0.3) is 0 Å². The van der Waals surface area contributed by atoms with E-state index in [9.17, 15) is 8.42 Å². The first-order chi connectivity index (χ1) is 15.1. The molecule has 0 unspecified atom stereocenters. The van der Waals surface area contributed by atoms with Crippen molar-refractivity contribution in [2.75, 3.05) is 48.4 Å². The van der Waals surface area contributed by atoms with Crippen LogP contribution in [0.4, 0.5) is 17.3 Å². The Labute approximate surface area is 183 Å². The van der Waals surface area contributed by atoms with Gasteiger partial charge < -0.3 is 14.8 Å². The SMILES string of the molecule is CCS(=O)(=O)c1cc2c(n1C1CCCC1)N(c1ccc(N3CCNCC3)cn1)CN=C2. The summed E-state index contributed by atoms with van der Waals surface area (Å²) in [6.07, 6.45) is 8.01. The second-order valence-corrected chi connectivity index (χ2v) is 10.7. The molecule has 0 bridgehead atoms. The van der Waals surface area contributed by atoms with Gasteiger partial charge in [-0.25, -0.2) is 13.4 Å². The minimum atomic E-state index is -3.35.